The molecule has 2 amide bonds. The van der Waals surface area contributed by atoms with E-state index in [4.69, 9.17) is 0 Å². The van der Waals surface area contributed by atoms with E-state index in [1.165, 1.54) is 11.3 Å². The molecular formula is C10H16N4O2S. The lowest BCUT2D eigenvalue weighted by atomic mass is 10.4. The van der Waals surface area contributed by atoms with Gasteiger partial charge in [0.1, 0.15) is 5.01 Å². The number of nitrogens with one attached hydrogen (secondary N) is 2. The van der Waals surface area contributed by atoms with Crippen LogP contribution in [0.3, 0.4) is 0 Å². The number of anilines is 1. The fourth-order valence-electron chi connectivity index (χ4n) is 1.09. The molecule has 1 aromatic rings. The summed E-state index contributed by atoms with van der Waals surface area (Å²) in [5.41, 5.74) is 0. The van der Waals surface area contributed by atoms with Crippen LogP contribution in [0, 0.1) is 0 Å². The van der Waals surface area contributed by atoms with Crippen LogP contribution >= 0.6 is 11.3 Å². The van der Waals surface area contributed by atoms with Crippen molar-refractivity contribution < 1.29 is 9.59 Å². The van der Waals surface area contributed by atoms with Crippen molar-refractivity contribution in [1.29, 1.82) is 0 Å². The Balaban J connectivity index is 2.46. The molecule has 6 nitrogen and oxygen atoms in total. The van der Waals surface area contributed by atoms with Crippen LogP contribution in [0.1, 0.15) is 31.7 Å². The maximum absolute atomic E-state index is 11.4. The molecule has 0 saturated carbocycles. The van der Waals surface area contributed by atoms with E-state index in [9.17, 15) is 9.59 Å². The molecule has 0 saturated heterocycles. The number of rotatable bonds is 5. The van der Waals surface area contributed by atoms with Gasteiger partial charge in [-0.05, 0) is 12.8 Å². The Kier molecular flexibility index (Phi) is 5.55. The van der Waals surface area contributed by atoms with Crippen molar-refractivity contribution in [3.63, 3.8) is 0 Å². The molecule has 0 aliphatic rings. The van der Waals surface area contributed by atoms with Crippen LogP contribution in [0.15, 0.2) is 0 Å². The molecule has 94 valence electrons. The maximum Gasteiger partial charge on any atom is 0.315 e. The van der Waals surface area contributed by atoms with Crippen LogP contribution < -0.4 is 10.6 Å². The van der Waals surface area contributed by atoms with E-state index >= 15 is 0 Å². The van der Waals surface area contributed by atoms with Gasteiger partial charge in [-0.25, -0.2) is 0 Å². The predicted molar refractivity (Wildman–Crippen MR) is 65.8 cm³/mol. The van der Waals surface area contributed by atoms with Crippen LogP contribution in [-0.2, 0) is 16.0 Å². The Morgan fingerprint density at radius 2 is 1.94 bits per heavy atom. The predicted octanol–water partition coefficient (Wildman–Crippen LogP) is 0.955. The van der Waals surface area contributed by atoms with Crippen molar-refractivity contribution in [2.24, 2.45) is 0 Å². The Morgan fingerprint density at radius 3 is 2.59 bits per heavy atom. The van der Waals surface area contributed by atoms with Crippen LogP contribution in [0.25, 0.3) is 0 Å². The Morgan fingerprint density at radius 1 is 1.18 bits per heavy atom. The minimum absolute atomic E-state index is 0.366. The molecule has 1 rings (SSSR count). The molecular weight excluding hydrogens is 240 g/mol. The van der Waals surface area contributed by atoms with Gasteiger partial charge in [-0.15, -0.1) is 10.2 Å². The third kappa shape index (κ3) is 4.48. The first kappa shape index (κ1) is 13.6. The van der Waals surface area contributed by atoms with Gasteiger partial charge in [0.2, 0.25) is 5.13 Å². The molecule has 1 heterocycles. The second kappa shape index (κ2) is 6.95. The Hall–Kier alpha value is -1.50. The van der Waals surface area contributed by atoms with E-state index in [-0.39, 0.29) is 0 Å². The summed E-state index contributed by atoms with van der Waals surface area (Å²) >= 11 is 1.29. The monoisotopic (exact) mass is 256 g/mol. The van der Waals surface area contributed by atoms with E-state index in [1.807, 2.05) is 13.8 Å². The largest absolute Gasteiger partial charge is 0.348 e. The van der Waals surface area contributed by atoms with Crippen molar-refractivity contribution >= 4 is 28.3 Å². The molecule has 0 atom stereocenters. The summed E-state index contributed by atoms with van der Waals surface area (Å²) in [6.45, 7) is 4.45. The van der Waals surface area contributed by atoms with Gasteiger partial charge in [0, 0.05) is 13.0 Å². The fourth-order valence-corrected chi connectivity index (χ4v) is 1.93. The summed E-state index contributed by atoms with van der Waals surface area (Å²) in [6.07, 6.45) is 2.59. The number of hydrogen-bond donors (Lipinski definition) is 2. The summed E-state index contributed by atoms with van der Waals surface area (Å²) < 4.78 is 0. The maximum atomic E-state index is 11.4. The molecule has 1 aromatic heterocycles. The van der Waals surface area contributed by atoms with Crippen LogP contribution in [-0.4, -0.2) is 28.6 Å². The molecule has 2 N–H and O–H groups in total. The fraction of sp³-hybridized carbons (Fsp3) is 0.600. The van der Waals surface area contributed by atoms with Gasteiger partial charge in [-0.2, -0.15) is 0 Å². The second-order valence-corrected chi connectivity index (χ2v) is 4.52. The molecule has 0 aliphatic heterocycles. The van der Waals surface area contributed by atoms with E-state index in [2.05, 4.69) is 20.8 Å². The normalized spacial score (nSPS) is 10.0. The zero-order valence-electron chi connectivity index (χ0n) is 9.95. The highest BCUT2D eigenvalue weighted by atomic mass is 32.1. The number of aromatic nitrogens is 2. The highest BCUT2D eigenvalue weighted by molar-refractivity contribution is 7.15. The average molecular weight is 256 g/mol. The first-order valence-electron chi connectivity index (χ1n) is 5.59. The number of carbonyl (C=O) groups is 2. The minimum Gasteiger partial charge on any atom is -0.348 e. The first-order valence-corrected chi connectivity index (χ1v) is 6.40. The molecule has 0 aliphatic carbocycles. The highest BCUT2D eigenvalue weighted by Crippen LogP contribution is 2.16. The molecule has 0 radical (unpaired) electrons. The van der Waals surface area contributed by atoms with E-state index in [0.29, 0.717) is 11.7 Å². The number of nitrogens with zero attached hydrogens (tertiary/aromatic N) is 2. The van der Waals surface area contributed by atoms with Gasteiger partial charge in [0.05, 0.1) is 0 Å². The van der Waals surface area contributed by atoms with Crippen molar-refractivity contribution in [2.45, 2.75) is 33.1 Å². The van der Waals surface area contributed by atoms with Gasteiger partial charge in [0.25, 0.3) is 0 Å². The summed E-state index contributed by atoms with van der Waals surface area (Å²) in [5.74, 6) is -1.34. The smallest absolute Gasteiger partial charge is 0.315 e. The lowest BCUT2D eigenvalue weighted by Gasteiger charge is -2.01. The molecule has 0 spiro atoms. The molecule has 0 aromatic carbocycles. The SMILES string of the molecule is CCCNC(=O)C(=O)Nc1nnc(CCC)s1. The van der Waals surface area contributed by atoms with Gasteiger partial charge < -0.3 is 5.32 Å². The van der Waals surface area contributed by atoms with Crippen molar-refractivity contribution in [2.75, 3.05) is 11.9 Å². The Bertz CT molecular complexity index is 391. The second-order valence-electron chi connectivity index (χ2n) is 3.46. The summed E-state index contributed by atoms with van der Waals surface area (Å²) in [6, 6.07) is 0. The standard InChI is InChI=1S/C10H16N4O2S/c1-3-5-7-13-14-10(17-7)12-9(16)8(15)11-6-4-2/h3-6H2,1-2H3,(H,11,15)(H,12,14,16). The summed E-state index contributed by atoms with van der Waals surface area (Å²) in [5, 5.41) is 13.8. The van der Waals surface area contributed by atoms with Gasteiger partial charge >= 0.3 is 11.8 Å². The zero-order valence-corrected chi connectivity index (χ0v) is 10.8. The van der Waals surface area contributed by atoms with Crippen molar-refractivity contribution in [3.05, 3.63) is 5.01 Å². The lowest BCUT2D eigenvalue weighted by Crippen LogP contribution is -2.35. The third-order valence-corrected chi connectivity index (χ3v) is 2.79. The van der Waals surface area contributed by atoms with Crippen LogP contribution in [0.2, 0.25) is 0 Å². The molecule has 7 heteroatoms. The molecule has 0 unspecified atom stereocenters. The van der Waals surface area contributed by atoms with Crippen molar-refractivity contribution in [1.82, 2.24) is 15.5 Å². The summed E-state index contributed by atoms with van der Waals surface area (Å²) in [7, 11) is 0. The zero-order chi connectivity index (χ0) is 12.7. The van der Waals surface area contributed by atoms with Gasteiger partial charge in [-0.1, -0.05) is 25.2 Å². The van der Waals surface area contributed by atoms with E-state index < -0.39 is 11.8 Å². The highest BCUT2D eigenvalue weighted by Gasteiger charge is 2.14. The molecule has 0 bridgehead atoms. The number of amides is 2. The molecule has 17 heavy (non-hydrogen) atoms. The first-order chi connectivity index (χ1) is 8.17. The van der Waals surface area contributed by atoms with E-state index in [0.717, 1.165) is 24.3 Å². The van der Waals surface area contributed by atoms with Gasteiger partial charge in [0.15, 0.2) is 0 Å². The topological polar surface area (TPSA) is 84.0 Å². The van der Waals surface area contributed by atoms with Crippen LogP contribution in [0.5, 0.6) is 0 Å². The van der Waals surface area contributed by atoms with E-state index in [1.54, 1.807) is 0 Å². The van der Waals surface area contributed by atoms with Gasteiger partial charge in [-0.3, -0.25) is 14.9 Å². The van der Waals surface area contributed by atoms with Crippen molar-refractivity contribution in [3.8, 4) is 0 Å². The lowest BCUT2D eigenvalue weighted by molar-refractivity contribution is -0.136. The molecule has 0 fully saturated rings. The summed E-state index contributed by atoms with van der Waals surface area (Å²) in [4.78, 5) is 22.7. The Labute approximate surface area is 104 Å². The number of hydrogen-bond acceptors (Lipinski definition) is 5. The number of carbonyl (C=O) groups excluding carboxylic acids is 2. The average Bonchev–Trinajstić information content (AvgIpc) is 2.74. The van der Waals surface area contributed by atoms with Crippen LogP contribution in [0.4, 0.5) is 5.13 Å². The number of aryl methyl sites for hydroxylation is 1. The quantitative estimate of drug-likeness (QED) is 0.768. The third-order valence-electron chi connectivity index (χ3n) is 1.89. The minimum atomic E-state index is -0.697.